The average molecular weight is 477 g/mol. The van der Waals surface area contributed by atoms with E-state index in [0.717, 1.165) is 65.5 Å². The molecule has 34 heavy (non-hydrogen) atoms. The van der Waals surface area contributed by atoms with Gasteiger partial charge >= 0.3 is 0 Å². The molecule has 3 aromatic carbocycles. The second kappa shape index (κ2) is 9.98. The fourth-order valence-electron chi connectivity index (χ4n) is 4.43. The molecular weight excluding hydrogens is 448 g/mol. The molecule has 2 atom stereocenters. The molecule has 0 saturated heterocycles. The van der Waals surface area contributed by atoms with Gasteiger partial charge in [-0.1, -0.05) is 24.9 Å². The van der Waals surface area contributed by atoms with Crippen LogP contribution in [-0.2, 0) is 0 Å². The number of hydrogen-bond acceptors (Lipinski definition) is 5. The molecule has 0 N–H and O–H groups in total. The van der Waals surface area contributed by atoms with Gasteiger partial charge in [0.25, 0.3) is 0 Å². The molecule has 0 aliphatic carbocycles. The summed E-state index contributed by atoms with van der Waals surface area (Å²) in [6.45, 7) is 5.52. The molecule has 0 fully saturated rings. The van der Waals surface area contributed by atoms with Crippen molar-refractivity contribution in [3.8, 4) is 17.2 Å². The van der Waals surface area contributed by atoms with Crippen molar-refractivity contribution in [3.05, 3.63) is 88.4 Å². The maximum atomic E-state index is 6.46. The van der Waals surface area contributed by atoms with Gasteiger partial charge in [0, 0.05) is 22.6 Å². The molecule has 3 aromatic rings. The number of benzene rings is 3. The second-order valence-electron chi connectivity index (χ2n) is 8.53. The van der Waals surface area contributed by atoms with Gasteiger partial charge in [-0.05, 0) is 85.6 Å². The molecule has 6 heteroatoms. The first-order valence-corrected chi connectivity index (χ1v) is 12.3. The minimum absolute atomic E-state index is 0.0505. The highest BCUT2D eigenvalue weighted by atomic mass is 35.5. The van der Waals surface area contributed by atoms with E-state index in [1.807, 2.05) is 49.4 Å². The first kappa shape index (κ1) is 22.6. The Labute approximate surface area is 205 Å². The SMILES string of the molecule is CCCCOc1ccc([C@H]2Oc3ccc(Cl)cc3[C@H]3CC(c4ccc(OCC)cc4)=NN32)cc1. The standard InChI is InChI=1S/C28H29ClN2O3/c1-3-5-16-33-23-13-8-20(9-14-23)28-31-26(24-17-21(29)10-15-27(24)34-28)18-25(30-31)19-6-11-22(12-7-19)32-4-2/h6-15,17,26,28H,3-5,16,18H2,1-2H3/t26-,28-/m1/s1. The Balaban J connectivity index is 1.45. The zero-order valence-electron chi connectivity index (χ0n) is 19.5. The number of fused-ring (bicyclic) bond motifs is 3. The molecule has 0 unspecified atom stereocenters. The quantitative estimate of drug-likeness (QED) is 0.323. The monoisotopic (exact) mass is 476 g/mol. The summed E-state index contributed by atoms with van der Waals surface area (Å²) in [6, 6.07) is 22.1. The van der Waals surface area contributed by atoms with Crippen LogP contribution in [0.15, 0.2) is 71.8 Å². The summed E-state index contributed by atoms with van der Waals surface area (Å²) < 4.78 is 17.9. The first-order chi connectivity index (χ1) is 16.7. The topological polar surface area (TPSA) is 43.3 Å². The second-order valence-corrected chi connectivity index (χ2v) is 8.96. The van der Waals surface area contributed by atoms with Crippen molar-refractivity contribution < 1.29 is 14.2 Å². The van der Waals surface area contributed by atoms with Gasteiger partial charge in [-0.2, -0.15) is 5.10 Å². The summed E-state index contributed by atoms with van der Waals surface area (Å²) in [4.78, 5) is 0. The third kappa shape index (κ3) is 4.58. The molecule has 0 saturated carbocycles. The Kier molecular flexibility index (Phi) is 6.63. The fraction of sp³-hybridized carbons (Fsp3) is 0.321. The molecule has 2 aliphatic heterocycles. The van der Waals surface area contributed by atoms with Crippen LogP contribution in [-0.4, -0.2) is 23.9 Å². The Morgan fingerprint density at radius 3 is 2.44 bits per heavy atom. The van der Waals surface area contributed by atoms with E-state index in [4.69, 9.17) is 30.9 Å². The zero-order chi connectivity index (χ0) is 23.5. The van der Waals surface area contributed by atoms with Gasteiger partial charge in [0.1, 0.15) is 17.2 Å². The molecule has 0 spiro atoms. The summed E-state index contributed by atoms with van der Waals surface area (Å²) in [5.41, 5.74) is 4.20. The molecular formula is C28H29ClN2O3. The number of rotatable bonds is 8. The molecule has 2 heterocycles. The first-order valence-electron chi connectivity index (χ1n) is 11.9. The van der Waals surface area contributed by atoms with Gasteiger partial charge in [-0.15, -0.1) is 0 Å². The minimum atomic E-state index is -0.330. The van der Waals surface area contributed by atoms with Crippen molar-refractivity contribution in [2.45, 2.75) is 45.4 Å². The van der Waals surface area contributed by atoms with Crippen LogP contribution in [0.2, 0.25) is 5.02 Å². The predicted molar refractivity (Wildman–Crippen MR) is 135 cm³/mol. The van der Waals surface area contributed by atoms with Gasteiger partial charge in [0.15, 0.2) is 0 Å². The summed E-state index contributed by atoms with van der Waals surface area (Å²) >= 11 is 6.35. The maximum Gasteiger partial charge on any atom is 0.213 e. The van der Waals surface area contributed by atoms with Crippen molar-refractivity contribution in [1.29, 1.82) is 0 Å². The third-order valence-corrected chi connectivity index (χ3v) is 6.42. The van der Waals surface area contributed by atoms with Gasteiger partial charge in [0.05, 0.1) is 25.0 Å². The molecule has 5 rings (SSSR count). The van der Waals surface area contributed by atoms with Crippen molar-refractivity contribution in [3.63, 3.8) is 0 Å². The van der Waals surface area contributed by atoms with E-state index in [1.165, 1.54) is 0 Å². The summed E-state index contributed by atoms with van der Waals surface area (Å²) in [5, 5.41) is 7.80. The van der Waals surface area contributed by atoms with E-state index >= 15 is 0 Å². The van der Waals surface area contributed by atoms with E-state index in [9.17, 15) is 0 Å². The highest BCUT2D eigenvalue weighted by Gasteiger charge is 2.41. The lowest BCUT2D eigenvalue weighted by atomic mass is 9.96. The fourth-order valence-corrected chi connectivity index (χ4v) is 4.61. The number of hydrogen-bond donors (Lipinski definition) is 0. The van der Waals surface area contributed by atoms with E-state index in [-0.39, 0.29) is 12.3 Å². The summed E-state index contributed by atoms with van der Waals surface area (Å²) in [5.74, 6) is 2.58. The number of ether oxygens (including phenoxy) is 3. The average Bonchev–Trinajstić information content (AvgIpc) is 3.31. The van der Waals surface area contributed by atoms with Crippen LogP contribution in [0, 0.1) is 0 Å². The molecule has 5 nitrogen and oxygen atoms in total. The Morgan fingerprint density at radius 2 is 1.71 bits per heavy atom. The van der Waals surface area contributed by atoms with Gasteiger partial charge in [0.2, 0.25) is 6.23 Å². The summed E-state index contributed by atoms with van der Waals surface area (Å²) in [6.07, 6.45) is 2.61. The molecule has 176 valence electrons. The lowest BCUT2D eigenvalue weighted by Gasteiger charge is -2.38. The van der Waals surface area contributed by atoms with Crippen LogP contribution in [0.4, 0.5) is 0 Å². The molecule has 0 radical (unpaired) electrons. The van der Waals surface area contributed by atoms with Crippen LogP contribution in [0.1, 0.15) is 62.1 Å². The van der Waals surface area contributed by atoms with Gasteiger partial charge < -0.3 is 14.2 Å². The maximum absolute atomic E-state index is 6.46. The molecule has 0 amide bonds. The molecule has 0 aromatic heterocycles. The van der Waals surface area contributed by atoms with Gasteiger partial charge in [-0.25, -0.2) is 5.01 Å². The lowest BCUT2D eigenvalue weighted by Crippen LogP contribution is -2.33. The molecule has 0 bridgehead atoms. The lowest BCUT2D eigenvalue weighted by molar-refractivity contribution is -0.0190. The normalized spacial score (nSPS) is 18.6. The Morgan fingerprint density at radius 1 is 0.971 bits per heavy atom. The summed E-state index contributed by atoms with van der Waals surface area (Å²) in [7, 11) is 0. The van der Waals surface area contributed by atoms with Crippen LogP contribution < -0.4 is 14.2 Å². The highest BCUT2D eigenvalue weighted by Crippen LogP contribution is 2.48. The predicted octanol–water partition coefficient (Wildman–Crippen LogP) is 7.16. The van der Waals surface area contributed by atoms with Crippen LogP contribution in [0.25, 0.3) is 0 Å². The highest BCUT2D eigenvalue weighted by molar-refractivity contribution is 6.30. The van der Waals surface area contributed by atoms with E-state index in [0.29, 0.717) is 11.6 Å². The third-order valence-electron chi connectivity index (χ3n) is 6.18. The van der Waals surface area contributed by atoms with Crippen molar-refractivity contribution in [2.24, 2.45) is 5.10 Å². The van der Waals surface area contributed by atoms with Crippen molar-refractivity contribution >= 4 is 17.3 Å². The van der Waals surface area contributed by atoms with E-state index in [1.54, 1.807) is 0 Å². The minimum Gasteiger partial charge on any atom is -0.494 e. The molecule has 2 aliphatic rings. The van der Waals surface area contributed by atoms with Crippen molar-refractivity contribution in [2.75, 3.05) is 13.2 Å². The van der Waals surface area contributed by atoms with Crippen molar-refractivity contribution in [1.82, 2.24) is 5.01 Å². The number of hydrazone groups is 1. The number of unbranched alkanes of at least 4 members (excludes halogenated alkanes) is 1. The number of halogens is 1. The van der Waals surface area contributed by atoms with Crippen LogP contribution >= 0.6 is 11.6 Å². The smallest absolute Gasteiger partial charge is 0.213 e. The largest absolute Gasteiger partial charge is 0.494 e. The van der Waals surface area contributed by atoms with Crippen LogP contribution in [0.3, 0.4) is 0 Å². The van der Waals surface area contributed by atoms with Gasteiger partial charge in [-0.3, -0.25) is 0 Å². The zero-order valence-corrected chi connectivity index (χ0v) is 20.3. The van der Waals surface area contributed by atoms with E-state index in [2.05, 4.69) is 36.2 Å². The Hall–Kier alpha value is -3.18. The van der Waals surface area contributed by atoms with Crippen LogP contribution in [0.5, 0.6) is 17.2 Å². The number of nitrogens with zero attached hydrogens (tertiary/aromatic N) is 2. The van der Waals surface area contributed by atoms with E-state index < -0.39 is 0 Å². The Bertz CT molecular complexity index is 1160.